The Bertz CT molecular complexity index is 1540. The second kappa shape index (κ2) is 8.06. The highest BCUT2D eigenvalue weighted by Crippen LogP contribution is 2.32. The van der Waals surface area contributed by atoms with Gasteiger partial charge >= 0.3 is 5.97 Å². The van der Waals surface area contributed by atoms with Crippen molar-refractivity contribution in [2.24, 2.45) is 7.05 Å². The summed E-state index contributed by atoms with van der Waals surface area (Å²) in [6, 6.07) is 2.68. The van der Waals surface area contributed by atoms with E-state index in [1.165, 1.54) is 27.0 Å². The van der Waals surface area contributed by atoms with E-state index < -0.39 is 34.2 Å². The van der Waals surface area contributed by atoms with Gasteiger partial charge in [-0.15, -0.1) is 11.3 Å². The molecule has 0 aliphatic carbocycles. The minimum atomic E-state index is -1.70. The zero-order chi connectivity index (χ0) is 25.1. The Hall–Kier alpha value is -3.97. The van der Waals surface area contributed by atoms with Gasteiger partial charge in [-0.3, -0.25) is 18.8 Å². The van der Waals surface area contributed by atoms with E-state index in [1.54, 1.807) is 23.2 Å². The summed E-state index contributed by atoms with van der Waals surface area (Å²) in [5.41, 5.74) is -1.71. The summed E-state index contributed by atoms with van der Waals surface area (Å²) in [4.78, 5) is 46.8. The van der Waals surface area contributed by atoms with Gasteiger partial charge in [-0.2, -0.15) is 5.10 Å². The largest absolute Gasteiger partial charge is 0.477 e. The number of aromatic carboxylic acids is 1. The van der Waals surface area contributed by atoms with Gasteiger partial charge in [0.25, 0.3) is 0 Å². The van der Waals surface area contributed by atoms with Crippen molar-refractivity contribution in [2.45, 2.75) is 18.9 Å². The molecule has 0 saturated carbocycles. The Morgan fingerprint density at radius 3 is 2.63 bits per heavy atom. The number of anilines is 1. The number of carboxylic acids is 1. The standard InChI is InChI=1S/C22H19FN6O5S/c1-11-5-12(26-27(11)2)6-16(30)22(34)9-28(10-22)19-15(23)7-13-17(31)14(20(32)33)8-29(18(13)25-19)21-24-3-4-35-21/h3-5,7-8,34H,6,9-10H2,1-2H3,(H,32,33). The van der Waals surface area contributed by atoms with Gasteiger partial charge < -0.3 is 15.1 Å². The number of carbonyl (C=O) groups is 2. The van der Waals surface area contributed by atoms with Crippen molar-refractivity contribution in [3.05, 3.63) is 62.9 Å². The van der Waals surface area contributed by atoms with Crippen molar-refractivity contribution < 1.29 is 24.2 Å². The third-order valence-electron chi connectivity index (χ3n) is 6.00. The van der Waals surface area contributed by atoms with Crippen molar-refractivity contribution in [1.29, 1.82) is 0 Å². The lowest BCUT2D eigenvalue weighted by Gasteiger charge is -2.45. The highest BCUT2D eigenvalue weighted by molar-refractivity contribution is 7.12. The van der Waals surface area contributed by atoms with E-state index >= 15 is 4.39 Å². The van der Waals surface area contributed by atoms with E-state index in [2.05, 4.69) is 15.1 Å². The molecule has 13 heteroatoms. The average Bonchev–Trinajstić information content (AvgIpc) is 3.41. The number of hydrogen-bond donors (Lipinski definition) is 2. The number of aromatic nitrogens is 5. The highest BCUT2D eigenvalue weighted by atomic mass is 32.1. The van der Waals surface area contributed by atoms with Crippen LogP contribution in [-0.2, 0) is 18.3 Å². The highest BCUT2D eigenvalue weighted by Gasteiger charge is 2.48. The van der Waals surface area contributed by atoms with Crippen molar-refractivity contribution in [1.82, 2.24) is 24.3 Å². The van der Waals surface area contributed by atoms with Crippen LogP contribution in [0.15, 0.2) is 34.7 Å². The number of thiazole rings is 1. The lowest BCUT2D eigenvalue weighted by Crippen LogP contribution is -2.67. The summed E-state index contributed by atoms with van der Waals surface area (Å²) in [7, 11) is 1.75. The number of pyridine rings is 2. The van der Waals surface area contributed by atoms with Crippen LogP contribution in [0.1, 0.15) is 21.7 Å². The van der Waals surface area contributed by atoms with Gasteiger partial charge in [0, 0.05) is 30.5 Å². The van der Waals surface area contributed by atoms with Gasteiger partial charge in [0.05, 0.1) is 30.6 Å². The van der Waals surface area contributed by atoms with Crippen LogP contribution < -0.4 is 10.3 Å². The molecule has 4 aromatic heterocycles. The summed E-state index contributed by atoms with van der Waals surface area (Å²) in [6.07, 6.45) is 2.53. The van der Waals surface area contributed by atoms with Gasteiger partial charge in [-0.1, -0.05) is 0 Å². The zero-order valence-corrected chi connectivity index (χ0v) is 19.4. The average molecular weight is 498 g/mol. The Kier molecular flexibility index (Phi) is 5.25. The molecule has 0 spiro atoms. The number of carboxylic acid groups (broad SMARTS) is 1. The number of Topliss-reactive ketones (excluding diaryl/α,β-unsaturated/α-hetero) is 1. The van der Waals surface area contributed by atoms with Gasteiger partial charge in [0.2, 0.25) is 5.43 Å². The predicted molar refractivity (Wildman–Crippen MR) is 124 cm³/mol. The molecule has 11 nitrogen and oxygen atoms in total. The normalized spacial score (nSPS) is 14.8. The molecule has 1 aliphatic heterocycles. The van der Waals surface area contributed by atoms with Crippen molar-refractivity contribution in [2.75, 3.05) is 18.0 Å². The molecule has 0 bridgehead atoms. The minimum absolute atomic E-state index is 0.0112. The number of hydrogen-bond acceptors (Lipinski definition) is 9. The van der Waals surface area contributed by atoms with Gasteiger partial charge in [0.15, 0.2) is 33.8 Å². The zero-order valence-electron chi connectivity index (χ0n) is 18.6. The van der Waals surface area contributed by atoms with Crippen molar-refractivity contribution in [3.8, 4) is 5.13 Å². The molecule has 1 aliphatic rings. The fourth-order valence-electron chi connectivity index (χ4n) is 4.03. The van der Waals surface area contributed by atoms with Crippen LogP contribution in [0.3, 0.4) is 0 Å². The molecule has 2 N–H and O–H groups in total. The van der Waals surface area contributed by atoms with Crippen LogP contribution in [0.4, 0.5) is 10.2 Å². The number of nitrogens with zero attached hydrogens (tertiary/aromatic N) is 6. The number of carbonyl (C=O) groups excluding carboxylic acids is 1. The van der Waals surface area contributed by atoms with Crippen molar-refractivity contribution in [3.63, 3.8) is 0 Å². The third kappa shape index (κ3) is 3.78. The van der Waals surface area contributed by atoms with Gasteiger partial charge in [-0.25, -0.2) is 19.2 Å². The first-order valence-electron chi connectivity index (χ1n) is 10.5. The number of β-amino-alcohol motifs (C(OH)–C–C–N with tert-alkyl or cyclic N) is 1. The second-order valence-corrected chi connectivity index (χ2v) is 9.29. The van der Waals surface area contributed by atoms with Crippen LogP contribution in [0, 0.1) is 12.7 Å². The molecular formula is C22H19FN6O5S. The monoisotopic (exact) mass is 498 g/mol. The Morgan fingerprint density at radius 2 is 2.03 bits per heavy atom. The molecule has 0 radical (unpaired) electrons. The van der Waals surface area contributed by atoms with E-state index in [0.29, 0.717) is 10.8 Å². The quantitative estimate of drug-likeness (QED) is 0.399. The number of aliphatic hydroxyl groups is 1. The maximum atomic E-state index is 15.0. The third-order valence-corrected chi connectivity index (χ3v) is 6.77. The number of ketones is 1. The Morgan fingerprint density at radius 1 is 1.29 bits per heavy atom. The summed E-state index contributed by atoms with van der Waals surface area (Å²) in [6.45, 7) is 1.46. The van der Waals surface area contributed by atoms with Crippen molar-refractivity contribution >= 4 is 39.9 Å². The van der Waals surface area contributed by atoms with Crippen LogP contribution in [0.25, 0.3) is 16.2 Å². The molecule has 1 fully saturated rings. The second-order valence-electron chi connectivity index (χ2n) is 8.41. The fourth-order valence-corrected chi connectivity index (χ4v) is 4.65. The molecule has 0 aromatic carbocycles. The van der Waals surface area contributed by atoms with E-state index in [9.17, 15) is 24.6 Å². The molecule has 4 aromatic rings. The summed E-state index contributed by atoms with van der Waals surface area (Å²) in [5, 5.41) is 26.2. The molecule has 180 valence electrons. The first kappa shape index (κ1) is 22.8. The molecule has 5 rings (SSSR count). The molecular weight excluding hydrogens is 479 g/mol. The summed E-state index contributed by atoms with van der Waals surface area (Å²) < 4.78 is 18.0. The first-order chi connectivity index (χ1) is 16.6. The van der Waals surface area contributed by atoms with Gasteiger partial charge in [-0.05, 0) is 19.1 Å². The summed E-state index contributed by atoms with van der Waals surface area (Å²) in [5.74, 6) is -2.95. The smallest absolute Gasteiger partial charge is 0.341 e. The first-order valence-corrected chi connectivity index (χ1v) is 11.3. The van der Waals surface area contributed by atoms with E-state index in [4.69, 9.17) is 0 Å². The number of aryl methyl sites for hydroxylation is 2. The topological polar surface area (TPSA) is 143 Å². The maximum absolute atomic E-state index is 15.0. The van der Waals surface area contributed by atoms with Crippen LogP contribution >= 0.6 is 11.3 Å². The number of rotatable bonds is 6. The lowest BCUT2D eigenvalue weighted by molar-refractivity contribution is -0.139. The Balaban J connectivity index is 1.49. The summed E-state index contributed by atoms with van der Waals surface area (Å²) >= 11 is 1.18. The van der Waals surface area contributed by atoms with Crippen LogP contribution in [-0.4, -0.2) is 65.0 Å². The SMILES string of the molecule is Cc1cc(CC(=O)C2(O)CN(c3nc4c(cc3F)c(=O)c(C(=O)O)cn4-c3nccs3)C2)nn1C. The molecule has 0 atom stereocenters. The molecule has 1 saturated heterocycles. The molecule has 35 heavy (non-hydrogen) atoms. The van der Waals surface area contributed by atoms with E-state index in [0.717, 1.165) is 18.0 Å². The van der Waals surface area contributed by atoms with Gasteiger partial charge in [0.1, 0.15) is 5.56 Å². The van der Waals surface area contributed by atoms with E-state index in [-0.39, 0.29) is 36.4 Å². The van der Waals surface area contributed by atoms with Crippen LogP contribution in [0.5, 0.6) is 0 Å². The molecule has 0 amide bonds. The maximum Gasteiger partial charge on any atom is 0.341 e. The number of halogens is 1. The minimum Gasteiger partial charge on any atom is -0.477 e. The molecule has 5 heterocycles. The fraction of sp³-hybridized carbons (Fsp3) is 0.273. The predicted octanol–water partition coefficient (Wildman–Crippen LogP) is 1.08. The Labute approximate surface area is 200 Å². The number of fused-ring (bicyclic) bond motifs is 1. The van der Waals surface area contributed by atoms with Crippen LogP contribution in [0.2, 0.25) is 0 Å². The lowest BCUT2D eigenvalue weighted by atomic mass is 9.87. The molecule has 0 unspecified atom stereocenters. The van der Waals surface area contributed by atoms with E-state index in [1.807, 2.05) is 6.92 Å².